The summed E-state index contributed by atoms with van der Waals surface area (Å²) >= 11 is 3.33. The first-order valence-electron chi connectivity index (χ1n) is 9.09. The van der Waals surface area contributed by atoms with Gasteiger partial charge < -0.3 is 4.57 Å². The van der Waals surface area contributed by atoms with Crippen LogP contribution < -0.4 is 5.43 Å². The molecule has 7 heteroatoms. The van der Waals surface area contributed by atoms with E-state index in [1.165, 1.54) is 22.9 Å². The van der Waals surface area contributed by atoms with E-state index in [1.54, 1.807) is 60.7 Å². The van der Waals surface area contributed by atoms with Gasteiger partial charge in [-0.05, 0) is 30.3 Å². The fourth-order valence-corrected chi connectivity index (χ4v) is 5.01. The van der Waals surface area contributed by atoms with Crippen LogP contribution in [0.25, 0.3) is 10.9 Å². The highest BCUT2D eigenvalue weighted by atomic mass is 79.9. The van der Waals surface area contributed by atoms with Crippen molar-refractivity contribution < 1.29 is 13.2 Å². The van der Waals surface area contributed by atoms with Crippen LogP contribution in [-0.4, -0.2) is 18.8 Å². The number of fused-ring (bicyclic) bond motifs is 1. The van der Waals surface area contributed by atoms with Gasteiger partial charge >= 0.3 is 0 Å². The van der Waals surface area contributed by atoms with Gasteiger partial charge in [0.15, 0.2) is 5.78 Å². The number of carbonyl (C=O) groups excluding carboxylic acids is 1. The van der Waals surface area contributed by atoms with Crippen LogP contribution in [-0.2, 0) is 16.4 Å². The molecule has 0 spiro atoms. The quantitative estimate of drug-likeness (QED) is 0.394. The standard InChI is InChI=1S/C23H16BrNO4S/c24-17-11-12-20-19(13-17)23(27)22(30(28,29)18-9-5-2-6-10-18)15-25(20)14-21(26)16-7-3-1-4-8-16/h1-13,15H,14H2. The summed E-state index contributed by atoms with van der Waals surface area (Å²) in [4.78, 5) is 25.6. The number of rotatable bonds is 5. The summed E-state index contributed by atoms with van der Waals surface area (Å²) in [7, 11) is -4.06. The molecule has 1 aromatic heterocycles. The smallest absolute Gasteiger partial charge is 0.211 e. The van der Waals surface area contributed by atoms with Crippen LogP contribution in [0.2, 0.25) is 0 Å². The molecular weight excluding hydrogens is 466 g/mol. The maximum Gasteiger partial charge on any atom is 0.211 e. The molecule has 0 N–H and O–H groups in total. The average molecular weight is 482 g/mol. The van der Waals surface area contributed by atoms with Crippen LogP contribution >= 0.6 is 15.9 Å². The van der Waals surface area contributed by atoms with Crippen molar-refractivity contribution in [1.29, 1.82) is 0 Å². The first-order valence-corrected chi connectivity index (χ1v) is 11.4. The molecule has 0 radical (unpaired) electrons. The Morgan fingerprint density at radius 3 is 2.20 bits per heavy atom. The monoisotopic (exact) mass is 481 g/mol. The molecule has 0 bridgehead atoms. The van der Waals surface area contributed by atoms with Crippen molar-refractivity contribution in [2.24, 2.45) is 0 Å². The van der Waals surface area contributed by atoms with E-state index in [0.29, 0.717) is 15.6 Å². The van der Waals surface area contributed by atoms with Crippen molar-refractivity contribution in [3.05, 3.63) is 105 Å². The number of sulfone groups is 1. The Bertz CT molecular complexity index is 1410. The number of aromatic nitrogens is 1. The number of ketones is 1. The summed E-state index contributed by atoms with van der Waals surface area (Å²) in [6.07, 6.45) is 1.27. The van der Waals surface area contributed by atoms with Gasteiger partial charge in [0.1, 0.15) is 4.90 Å². The van der Waals surface area contributed by atoms with Crippen LogP contribution in [0.15, 0.2) is 104 Å². The fraction of sp³-hybridized carbons (Fsp3) is 0.0435. The molecule has 30 heavy (non-hydrogen) atoms. The predicted octanol–water partition coefficient (Wildman–Crippen LogP) is 4.48. The number of hydrogen-bond donors (Lipinski definition) is 0. The minimum Gasteiger partial charge on any atom is -0.338 e. The second-order valence-electron chi connectivity index (χ2n) is 6.72. The van der Waals surface area contributed by atoms with Crippen LogP contribution in [0.1, 0.15) is 10.4 Å². The van der Waals surface area contributed by atoms with E-state index in [0.717, 1.165) is 0 Å². The topological polar surface area (TPSA) is 73.2 Å². The molecule has 0 aliphatic rings. The van der Waals surface area contributed by atoms with E-state index in [2.05, 4.69) is 15.9 Å². The maximum absolute atomic E-state index is 13.2. The van der Waals surface area contributed by atoms with Gasteiger partial charge in [0.05, 0.1) is 17.0 Å². The lowest BCUT2D eigenvalue weighted by molar-refractivity contribution is 0.0973. The zero-order valence-corrected chi connectivity index (χ0v) is 18.1. The molecule has 3 aromatic carbocycles. The Balaban J connectivity index is 1.94. The van der Waals surface area contributed by atoms with Gasteiger partial charge in [-0.15, -0.1) is 0 Å². The normalized spacial score (nSPS) is 11.5. The lowest BCUT2D eigenvalue weighted by Gasteiger charge is -2.14. The molecular formula is C23H16BrNO4S. The average Bonchev–Trinajstić information content (AvgIpc) is 2.76. The van der Waals surface area contributed by atoms with Crippen molar-refractivity contribution in [2.75, 3.05) is 0 Å². The third kappa shape index (κ3) is 3.74. The number of halogens is 1. The lowest BCUT2D eigenvalue weighted by atomic mass is 10.1. The van der Waals surface area contributed by atoms with Crippen molar-refractivity contribution >= 4 is 42.5 Å². The molecule has 0 amide bonds. The van der Waals surface area contributed by atoms with Crippen molar-refractivity contribution in [3.63, 3.8) is 0 Å². The molecule has 0 unspecified atom stereocenters. The lowest BCUT2D eigenvalue weighted by Crippen LogP contribution is -2.21. The molecule has 0 fully saturated rings. The maximum atomic E-state index is 13.2. The van der Waals surface area contributed by atoms with E-state index in [4.69, 9.17) is 0 Å². The molecule has 150 valence electrons. The molecule has 4 rings (SSSR count). The molecule has 0 aliphatic heterocycles. The number of hydrogen-bond acceptors (Lipinski definition) is 4. The van der Waals surface area contributed by atoms with E-state index in [-0.39, 0.29) is 27.5 Å². The molecule has 0 atom stereocenters. The van der Waals surface area contributed by atoms with Crippen LogP contribution in [0.5, 0.6) is 0 Å². The number of pyridine rings is 1. The molecule has 5 nitrogen and oxygen atoms in total. The van der Waals surface area contributed by atoms with Crippen LogP contribution in [0, 0.1) is 0 Å². The highest BCUT2D eigenvalue weighted by Gasteiger charge is 2.24. The molecule has 0 saturated carbocycles. The Labute approximate surface area is 181 Å². The summed E-state index contributed by atoms with van der Waals surface area (Å²) < 4.78 is 28.5. The number of nitrogens with zero attached hydrogens (tertiary/aromatic N) is 1. The van der Waals surface area contributed by atoms with E-state index in [1.807, 2.05) is 6.07 Å². The van der Waals surface area contributed by atoms with Crippen molar-refractivity contribution in [2.45, 2.75) is 16.3 Å². The largest absolute Gasteiger partial charge is 0.338 e. The molecule has 0 saturated heterocycles. The van der Waals surface area contributed by atoms with Gasteiger partial charge in [0.2, 0.25) is 15.3 Å². The Hall–Kier alpha value is -3.03. The minimum absolute atomic E-state index is 0.0254. The summed E-state index contributed by atoms with van der Waals surface area (Å²) in [5.41, 5.74) is 0.395. The second-order valence-corrected chi connectivity index (χ2v) is 9.55. The van der Waals surface area contributed by atoms with Crippen molar-refractivity contribution in [1.82, 2.24) is 4.57 Å². The zero-order valence-electron chi connectivity index (χ0n) is 15.7. The minimum atomic E-state index is -4.06. The summed E-state index contributed by atoms with van der Waals surface area (Å²) in [5, 5.41) is 0.224. The predicted molar refractivity (Wildman–Crippen MR) is 119 cm³/mol. The highest BCUT2D eigenvalue weighted by Crippen LogP contribution is 2.23. The molecule has 0 aliphatic carbocycles. The second kappa shape index (κ2) is 8.01. The van der Waals surface area contributed by atoms with Gasteiger partial charge in [0, 0.05) is 21.6 Å². The summed E-state index contributed by atoms with van der Waals surface area (Å²) in [6, 6.07) is 21.5. The first kappa shape index (κ1) is 20.3. The van der Waals surface area contributed by atoms with Crippen LogP contribution in [0.4, 0.5) is 0 Å². The van der Waals surface area contributed by atoms with Gasteiger partial charge in [-0.2, -0.15) is 0 Å². The first-order chi connectivity index (χ1) is 14.4. The van der Waals surface area contributed by atoms with E-state index in [9.17, 15) is 18.0 Å². The van der Waals surface area contributed by atoms with E-state index < -0.39 is 15.3 Å². The third-order valence-electron chi connectivity index (χ3n) is 4.76. The number of benzene rings is 3. The third-order valence-corrected chi connectivity index (χ3v) is 7.02. The Kier molecular flexibility index (Phi) is 5.40. The van der Waals surface area contributed by atoms with Gasteiger partial charge in [-0.1, -0.05) is 64.5 Å². The van der Waals surface area contributed by atoms with Gasteiger partial charge in [0.25, 0.3) is 0 Å². The zero-order chi connectivity index (χ0) is 21.3. The molecule has 4 aromatic rings. The fourth-order valence-electron chi connectivity index (χ4n) is 3.26. The van der Waals surface area contributed by atoms with Crippen molar-refractivity contribution in [3.8, 4) is 0 Å². The number of carbonyl (C=O) groups is 1. The highest BCUT2D eigenvalue weighted by molar-refractivity contribution is 9.10. The Morgan fingerprint density at radius 2 is 1.53 bits per heavy atom. The SMILES string of the molecule is O=C(Cn1cc(S(=O)(=O)c2ccccc2)c(=O)c2cc(Br)ccc21)c1ccccc1. The van der Waals surface area contributed by atoms with E-state index >= 15 is 0 Å². The molecule has 1 heterocycles. The van der Waals surface area contributed by atoms with Gasteiger partial charge in [-0.3, -0.25) is 9.59 Å². The summed E-state index contributed by atoms with van der Waals surface area (Å²) in [6.45, 7) is -0.0975. The Morgan fingerprint density at radius 1 is 0.900 bits per heavy atom. The van der Waals surface area contributed by atoms with Crippen LogP contribution in [0.3, 0.4) is 0 Å². The summed E-state index contributed by atoms with van der Waals surface area (Å²) in [5.74, 6) is -0.188. The number of Topliss-reactive ketones (excluding diaryl/α,β-unsaturated/α-hetero) is 1. The van der Waals surface area contributed by atoms with Gasteiger partial charge in [-0.25, -0.2) is 8.42 Å².